The first-order chi connectivity index (χ1) is 36.7. The van der Waals surface area contributed by atoms with Crippen LogP contribution in [-0.2, 0) is 27.5 Å². The summed E-state index contributed by atoms with van der Waals surface area (Å²) in [6, 6.07) is 12.4. The number of ether oxygens (including phenoxy) is 1. The van der Waals surface area contributed by atoms with Crippen LogP contribution in [0.2, 0.25) is 0 Å². The first kappa shape index (κ1) is 56.0. The van der Waals surface area contributed by atoms with E-state index in [1.54, 1.807) is 32.5 Å². The zero-order chi connectivity index (χ0) is 54.6. The molecule has 2 aliphatic carbocycles. The number of carbonyl (C=O) groups excluding carboxylic acids is 3. The minimum Gasteiger partial charge on any atom is -0.493 e. The fourth-order valence-corrected chi connectivity index (χ4v) is 11.5. The molecule has 5 aromatic rings. The lowest BCUT2D eigenvalue weighted by molar-refractivity contribution is -0.145. The fraction of sp³-hybridized carbons (Fsp3) is 0.571. The van der Waals surface area contributed by atoms with Crippen LogP contribution in [0.4, 0.5) is 23.5 Å². The second-order valence-corrected chi connectivity index (χ2v) is 23.3. The van der Waals surface area contributed by atoms with E-state index in [2.05, 4.69) is 70.7 Å². The Labute approximate surface area is 451 Å². The molecule has 4 fully saturated rings. The Bertz CT molecular complexity index is 2850. The Morgan fingerprint density at radius 3 is 2.31 bits per heavy atom. The highest BCUT2D eigenvalue weighted by atomic mass is 32.1. The number of hydrogen-bond acceptors (Lipinski definition) is 13. The van der Waals surface area contributed by atoms with Crippen molar-refractivity contribution in [1.82, 2.24) is 44.9 Å². The molecule has 0 bridgehead atoms. The van der Waals surface area contributed by atoms with Crippen molar-refractivity contribution in [1.29, 1.82) is 0 Å². The molecular weight excluding hydrogens is 1020 g/mol. The number of nitrogens with one attached hydrogen (secondary N) is 3. The summed E-state index contributed by atoms with van der Waals surface area (Å²) in [5.41, 5.74) is 5.44. The van der Waals surface area contributed by atoms with E-state index < -0.39 is 59.6 Å². The summed E-state index contributed by atoms with van der Waals surface area (Å²) in [5, 5.41) is 30.0. The highest BCUT2D eigenvalue weighted by Crippen LogP contribution is 2.41. The van der Waals surface area contributed by atoms with Crippen LogP contribution in [0.15, 0.2) is 60.4 Å². The van der Waals surface area contributed by atoms with Crippen molar-refractivity contribution in [3.8, 4) is 27.3 Å². The number of amides is 3. The van der Waals surface area contributed by atoms with Gasteiger partial charge in [0.25, 0.3) is 5.91 Å². The summed E-state index contributed by atoms with van der Waals surface area (Å²) in [4.78, 5) is 61.4. The van der Waals surface area contributed by atoms with Crippen LogP contribution in [0.25, 0.3) is 32.6 Å². The van der Waals surface area contributed by atoms with E-state index in [4.69, 9.17) is 9.72 Å². The minimum atomic E-state index is -4.28. The molecule has 3 atom stereocenters. The number of aryl methyl sites for hydroxylation is 1. The van der Waals surface area contributed by atoms with E-state index in [9.17, 15) is 42.2 Å². The van der Waals surface area contributed by atoms with Gasteiger partial charge in [-0.25, -0.2) is 14.4 Å². The molecule has 16 nitrogen and oxygen atoms in total. The first-order valence-corrected chi connectivity index (χ1v) is 27.9. The lowest BCUT2D eigenvalue weighted by Crippen LogP contribution is -2.59. The van der Waals surface area contributed by atoms with Crippen molar-refractivity contribution in [3.63, 3.8) is 0 Å². The van der Waals surface area contributed by atoms with Gasteiger partial charge in [-0.1, -0.05) is 57.2 Å². The van der Waals surface area contributed by atoms with Crippen LogP contribution in [0.1, 0.15) is 108 Å². The molecule has 0 radical (unpaired) electrons. The van der Waals surface area contributed by atoms with Gasteiger partial charge in [-0.2, -0.15) is 18.2 Å². The van der Waals surface area contributed by atoms with Gasteiger partial charge >= 0.3 is 6.18 Å². The third kappa shape index (κ3) is 13.9. The zero-order valence-corrected chi connectivity index (χ0v) is 45.2. The number of carbonyl (C=O) groups is 3. The molecule has 9 rings (SSSR count). The number of thiazole rings is 1. The quantitative estimate of drug-likeness (QED) is 0.0374. The van der Waals surface area contributed by atoms with E-state index in [-0.39, 0.29) is 57.0 Å². The Balaban J connectivity index is 0.761. The number of piperazine rings is 1. The normalized spacial score (nSPS) is 21.5. The van der Waals surface area contributed by atoms with Crippen LogP contribution in [0, 0.1) is 12.3 Å². The molecule has 416 valence electrons. The summed E-state index contributed by atoms with van der Waals surface area (Å²) in [6.07, 6.45) is 2.10. The summed E-state index contributed by atoms with van der Waals surface area (Å²) < 4.78 is 61.9. The second kappa shape index (κ2) is 23.7. The van der Waals surface area contributed by atoms with Crippen molar-refractivity contribution >= 4 is 46.0 Å². The molecule has 4 aliphatic rings. The Hall–Kier alpha value is -5.74. The molecule has 2 saturated carbocycles. The van der Waals surface area contributed by atoms with Crippen molar-refractivity contribution in [2.75, 3.05) is 57.7 Å². The summed E-state index contributed by atoms with van der Waals surface area (Å²) in [7, 11) is 0. The largest absolute Gasteiger partial charge is 0.493 e. The van der Waals surface area contributed by atoms with Gasteiger partial charge < -0.3 is 45.3 Å². The van der Waals surface area contributed by atoms with Gasteiger partial charge in [0.2, 0.25) is 17.8 Å². The number of nitrogens with zero attached hydrogens (tertiary/aromatic N) is 7. The van der Waals surface area contributed by atoms with Crippen LogP contribution >= 0.6 is 11.3 Å². The number of likely N-dealkylation sites (tertiary alicyclic amines) is 1. The van der Waals surface area contributed by atoms with Gasteiger partial charge in [0.1, 0.15) is 23.5 Å². The van der Waals surface area contributed by atoms with E-state index in [1.165, 1.54) is 21.8 Å². The Kier molecular flexibility index (Phi) is 17.2. The lowest BCUT2D eigenvalue weighted by Gasteiger charge is -2.35. The number of aliphatic hydroxyl groups is 2. The molecule has 3 aromatic heterocycles. The number of fused-ring (bicyclic) bond motifs is 1. The van der Waals surface area contributed by atoms with E-state index in [0.717, 1.165) is 103 Å². The fourth-order valence-electron chi connectivity index (χ4n) is 10.7. The second-order valence-electron chi connectivity index (χ2n) is 22.4. The van der Waals surface area contributed by atoms with Crippen LogP contribution in [0.3, 0.4) is 0 Å². The predicted molar refractivity (Wildman–Crippen MR) is 287 cm³/mol. The molecule has 2 saturated heterocycles. The van der Waals surface area contributed by atoms with Gasteiger partial charge in [-0.05, 0) is 93.0 Å². The number of alkyl halides is 4. The maximum Gasteiger partial charge on any atom is 0.390 e. The van der Waals surface area contributed by atoms with Gasteiger partial charge in [0.15, 0.2) is 5.67 Å². The molecule has 5 N–H and O–H groups in total. The van der Waals surface area contributed by atoms with Crippen LogP contribution in [-0.4, -0.2) is 151 Å². The summed E-state index contributed by atoms with van der Waals surface area (Å²) >= 11 is 1.54. The number of anilines is 1. The molecular formula is C56H72F4N10O6S. The van der Waals surface area contributed by atoms with Crippen molar-refractivity contribution < 1.29 is 46.9 Å². The van der Waals surface area contributed by atoms with Crippen LogP contribution in [0.5, 0.6) is 5.75 Å². The average molecular weight is 1090 g/mol. The van der Waals surface area contributed by atoms with Gasteiger partial charge in [-0.15, -0.1) is 11.3 Å². The molecule has 77 heavy (non-hydrogen) atoms. The molecule has 2 aliphatic heterocycles. The molecule has 0 unspecified atom stereocenters. The topological polar surface area (TPSA) is 190 Å². The molecule has 21 heteroatoms. The number of rotatable bonds is 20. The number of β-amino-alcohol motifs (C(OH)–C–C–N with tert-alkyl or cyclic N) is 1. The number of aliphatic hydroxyl groups excluding tert-OH is 2. The van der Waals surface area contributed by atoms with Crippen molar-refractivity contribution in [2.24, 2.45) is 5.41 Å². The standard InChI is InChI=1S/C56H72F4N10O6S/c1-35-47(77-34-64-35)38-11-12-39(29-62-50(73)45-28-42(72)32-70(45)51(74)48(54(2,3)4)65-52(75)55(57)17-18-55)46(27-38)76-26-6-5-21-67-22-24-68(25-23-67)31-36-7-9-37(10-8-36)44-33-69(40-13-15-41(71)16-14-40)49-43(44)30-63-53(66-49)61-20-19-56(58,59)60/h7-12,27,30,33-34,40-42,45,48,71-72H,5-6,13-26,28-29,31-32H2,1-4H3,(H,62,73)(H,65,75)(H,61,63,66)/t40-,41-,42-,45+,48-/m1/s1. The highest BCUT2D eigenvalue weighted by Gasteiger charge is 2.53. The summed E-state index contributed by atoms with van der Waals surface area (Å²) in [5.74, 6) is -1.04. The Morgan fingerprint density at radius 1 is 0.922 bits per heavy atom. The summed E-state index contributed by atoms with van der Waals surface area (Å²) in [6.45, 7) is 12.9. The Morgan fingerprint density at radius 2 is 1.64 bits per heavy atom. The van der Waals surface area contributed by atoms with E-state index in [0.29, 0.717) is 30.8 Å². The molecule has 5 heterocycles. The van der Waals surface area contributed by atoms with E-state index in [1.807, 2.05) is 25.1 Å². The number of benzene rings is 2. The molecule has 0 spiro atoms. The van der Waals surface area contributed by atoms with Gasteiger partial charge in [0, 0.05) is 93.7 Å². The molecule has 2 aromatic carbocycles. The van der Waals surface area contributed by atoms with E-state index >= 15 is 0 Å². The SMILES string of the molecule is Cc1ncsc1-c1ccc(CNC(=O)[C@@H]2C[C@@H](O)CN2C(=O)[C@@H](NC(=O)C2(F)CC2)C(C)(C)C)c(OCCCCN2CCN(Cc3ccc(-c4cn([C@H]5CC[C@H](O)CC5)c5nc(NCCC(F)(F)F)ncc45)cc3)CC2)c1. The van der Waals surface area contributed by atoms with Gasteiger partial charge in [-0.3, -0.25) is 19.3 Å². The average Bonchev–Trinajstić information content (AvgIpc) is 3.67. The lowest BCUT2D eigenvalue weighted by atomic mass is 9.85. The van der Waals surface area contributed by atoms with Crippen molar-refractivity contribution in [2.45, 2.75) is 147 Å². The monoisotopic (exact) mass is 1090 g/mol. The number of halogens is 4. The van der Waals surface area contributed by atoms with Crippen LogP contribution < -0.4 is 20.7 Å². The number of unbranched alkanes of at least 4 members (excludes halogenated alkanes) is 1. The van der Waals surface area contributed by atoms with Crippen molar-refractivity contribution in [3.05, 3.63) is 77.2 Å². The third-order valence-corrected chi connectivity index (χ3v) is 16.4. The number of hydrogen-bond donors (Lipinski definition) is 5. The smallest absolute Gasteiger partial charge is 0.390 e. The first-order valence-electron chi connectivity index (χ1n) is 27.0. The van der Waals surface area contributed by atoms with Gasteiger partial charge in [0.05, 0.1) is 41.3 Å². The zero-order valence-electron chi connectivity index (χ0n) is 44.4. The third-order valence-electron chi connectivity index (χ3n) is 15.5. The predicted octanol–water partition coefficient (Wildman–Crippen LogP) is 7.96. The maximum absolute atomic E-state index is 14.7. The maximum atomic E-state index is 14.7. The minimum absolute atomic E-state index is 0.0258. The molecule has 3 amide bonds. The highest BCUT2D eigenvalue weighted by molar-refractivity contribution is 7.13. The number of aromatic nitrogens is 4.